The van der Waals surface area contributed by atoms with Gasteiger partial charge in [-0.15, -0.1) is 0 Å². The zero-order valence-corrected chi connectivity index (χ0v) is 20.8. The largest absolute Gasteiger partial charge is 0.494 e. The summed E-state index contributed by atoms with van der Waals surface area (Å²) in [7, 11) is 0. The molecule has 1 aliphatic heterocycles. The molecule has 0 saturated carbocycles. The van der Waals surface area contributed by atoms with Gasteiger partial charge in [-0.2, -0.15) is 0 Å². The van der Waals surface area contributed by atoms with Gasteiger partial charge in [-0.3, -0.25) is 9.69 Å². The summed E-state index contributed by atoms with van der Waals surface area (Å²) in [5, 5.41) is 4.37. The first-order chi connectivity index (χ1) is 16.5. The number of hydrogen-bond acceptors (Lipinski definition) is 4. The molecule has 1 saturated heterocycles. The molecule has 1 aliphatic rings. The van der Waals surface area contributed by atoms with Crippen molar-refractivity contribution in [3.8, 4) is 5.75 Å². The zero-order valence-electron chi connectivity index (χ0n) is 19.3. The van der Waals surface area contributed by atoms with Gasteiger partial charge in [0.05, 0.1) is 17.3 Å². The highest BCUT2D eigenvalue weighted by molar-refractivity contribution is 6.33. The van der Waals surface area contributed by atoms with Crippen molar-refractivity contribution in [3.63, 3.8) is 0 Å². The van der Waals surface area contributed by atoms with E-state index in [2.05, 4.69) is 21.2 Å². The number of piperazine rings is 1. The van der Waals surface area contributed by atoms with Crippen LogP contribution < -0.4 is 15.0 Å². The quantitative estimate of drug-likeness (QED) is 0.393. The molecule has 1 fully saturated rings. The Balaban J connectivity index is 1.34. The number of nitrogens with zero attached hydrogens (tertiary/aromatic N) is 2. The maximum Gasteiger partial charge on any atom is 0.255 e. The van der Waals surface area contributed by atoms with Crippen LogP contribution in [0.2, 0.25) is 10.0 Å². The van der Waals surface area contributed by atoms with Crippen LogP contribution in [0.1, 0.15) is 29.3 Å². The first kappa shape index (κ1) is 24.4. The van der Waals surface area contributed by atoms with E-state index in [0.29, 0.717) is 28.6 Å². The first-order valence-electron chi connectivity index (χ1n) is 11.6. The van der Waals surface area contributed by atoms with Crippen molar-refractivity contribution in [2.24, 2.45) is 0 Å². The maximum absolute atomic E-state index is 12.7. The number of anilines is 2. The number of nitrogens with one attached hydrogen (secondary N) is 1. The molecule has 3 aromatic rings. The molecule has 0 atom stereocenters. The van der Waals surface area contributed by atoms with Crippen LogP contribution in [-0.2, 0) is 6.54 Å². The number of benzene rings is 3. The van der Waals surface area contributed by atoms with Crippen LogP contribution >= 0.6 is 23.2 Å². The van der Waals surface area contributed by atoms with Gasteiger partial charge in [0.2, 0.25) is 0 Å². The number of carbonyl (C=O) groups excluding carboxylic acids is 1. The molecule has 0 bridgehead atoms. The van der Waals surface area contributed by atoms with E-state index in [1.807, 2.05) is 55.5 Å². The highest BCUT2D eigenvalue weighted by atomic mass is 35.5. The lowest BCUT2D eigenvalue weighted by atomic mass is 10.1. The van der Waals surface area contributed by atoms with E-state index in [4.69, 9.17) is 27.9 Å². The average molecular weight is 498 g/mol. The third-order valence-electron chi connectivity index (χ3n) is 5.84. The van der Waals surface area contributed by atoms with Crippen molar-refractivity contribution in [2.75, 3.05) is 43.0 Å². The molecule has 3 aromatic carbocycles. The van der Waals surface area contributed by atoms with Gasteiger partial charge < -0.3 is 15.0 Å². The zero-order chi connectivity index (χ0) is 23.9. The Morgan fingerprint density at radius 1 is 0.941 bits per heavy atom. The van der Waals surface area contributed by atoms with Crippen molar-refractivity contribution < 1.29 is 9.53 Å². The second-order valence-electron chi connectivity index (χ2n) is 8.35. The van der Waals surface area contributed by atoms with E-state index in [0.717, 1.165) is 55.4 Å². The minimum atomic E-state index is -0.195. The Hall–Kier alpha value is -2.73. The Bertz CT molecular complexity index is 1130. The average Bonchev–Trinajstić information content (AvgIpc) is 2.85. The fourth-order valence-corrected chi connectivity index (χ4v) is 4.50. The lowest BCUT2D eigenvalue weighted by Crippen LogP contribution is -2.46. The van der Waals surface area contributed by atoms with Crippen molar-refractivity contribution >= 4 is 40.5 Å². The molecule has 1 amide bonds. The monoisotopic (exact) mass is 497 g/mol. The summed E-state index contributed by atoms with van der Waals surface area (Å²) < 4.78 is 5.63. The van der Waals surface area contributed by atoms with Crippen molar-refractivity contribution in [3.05, 3.63) is 87.9 Å². The molecule has 7 heteroatoms. The van der Waals surface area contributed by atoms with E-state index >= 15 is 0 Å². The molecule has 0 unspecified atom stereocenters. The second kappa shape index (κ2) is 11.6. The minimum absolute atomic E-state index is 0.195. The number of rotatable bonds is 8. The maximum atomic E-state index is 12.7. The number of amides is 1. The fraction of sp³-hybridized carbons (Fsp3) is 0.296. The molecule has 0 aliphatic carbocycles. The summed E-state index contributed by atoms with van der Waals surface area (Å²) in [6, 6.07) is 20.9. The van der Waals surface area contributed by atoms with Crippen molar-refractivity contribution in [2.45, 2.75) is 19.9 Å². The smallest absolute Gasteiger partial charge is 0.255 e. The molecule has 34 heavy (non-hydrogen) atoms. The lowest BCUT2D eigenvalue weighted by Gasteiger charge is -2.36. The first-order valence-corrected chi connectivity index (χ1v) is 12.3. The van der Waals surface area contributed by atoms with Crippen LogP contribution in [0.4, 0.5) is 11.4 Å². The van der Waals surface area contributed by atoms with Gasteiger partial charge in [0.15, 0.2) is 0 Å². The third kappa shape index (κ3) is 6.23. The standard InChI is InChI=1S/C27H29Cl2N3O2/c1-2-16-34-23-8-5-7-20(17-23)27(33)30-22-10-11-26(25(29)18-22)32-14-12-31(13-15-32)19-21-6-3-4-9-24(21)28/h3-11,17-18H,2,12-16,19H2,1H3,(H,30,33). The summed E-state index contributed by atoms with van der Waals surface area (Å²) in [5.74, 6) is 0.496. The predicted molar refractivity (Wildman–Crippen MR) is 141 cm³/mol. The van der Waals surface area contributed by atoms with Gasteiger partial charge in [0.25, 0.3) is 5.91 Å². The summed E-state index contributed by atoms with van der Waals surface area (Å²) in [6.07, 6.45) is 0.914. The highest BCUT2D eigenvalue weighted by Gasteiger charge is 2.20. The molecular formula is C27H29Cl2N3O2. The van der Waals surface area contributed by atoms with Crippen LogP contribution in [0.25, 0.3) is 0 Å². The molecule has 0 spiro atoms. The summed E-state index contributed by atoms with van der Waals surface area (Å²) in [4.78, 5) is 17.4. The van der Waals surface area contributed by atoms with Crippen LogP contribution in [0.15, 0.2) is 66.7 Å². The van der Waals surface area contributed by atoms with Crippen LogP contribution in [-0.4, -0.2) is 43.6 Å². The van der Waals surface area contributed by atoms with Gasteiger partial charge >= 0.3 is 0 Å². The SMILES string of the molecule is CCCOc1cccc(C(=O)Nc2ccc(N3CCN(Cc4ccccc4Cl)CC3)c(Cl)c2)c1. The van der Waals surface area contributed by atoms with E-state index in [1.165, 1.54) is 0 Å². The molecule has 4 rings (SSSR count). The van der Waals surface area contributed by atoms with E-state index in [1.54, 1.807) is 12.1 Å². The number of halogens is 2. The normalized spacial score (nSPS) is 14.1. The van der Waals surface area contributed by atoms with Gasteiger partial charge in [-0.1, -0.05) is 54.4 Å². The molecule has 5 nitrogen and oxygen atoms in total. The van der Waals surface area contributed by atoms with E-state index in [-0.39, 0.29) is 5.91 Å². The lowest BCUT2D eigenvalue weighted by molar-refractivity contribution is 0.102. The topological polar surface area (TPSA) is 44.8 Å². The highest BCUT2D eigenvalue weighted by Crippen LogP contribution is 2.30. The van der Waals surface area contributed by atoms with Crippen molar-refractivity contribution in [1.29, 1.82) is 0 Å². The van der Waals surface area contributed by atoms with Gasteiger partial charge in [0.1, 0.15) is 5.75 Å². The summed E-state index contributed by atoms with van der Waals surface area (Å²) in [5.41, 5.74) is 3.34. The van der Waals surface area contributed by atoms with Gasteiger partial charge in [-0.05, 0) is 54.4 Å². The van der Waals surface area contributed by atoms with Gasteiger partial charge in [0, 0.05) is 49.0 Å². The van der Waals surface area contributed by atoms with E-state index < -0.39 is 0 Å². The number of hydrogen-bond donors (Lipinski definition) is 1. The Labute approximate surface area is 211 Å². The van der Waals surface area contributed by atoms with Crippen LogP contribution in [0, 0.1) is 0 Å². The molecule has 1 heterocycles. The molecule has 1 N–H and O–H groups in total. The van der Waals surface area contributed by atoms with Crippen molar-refractivity contribution in [1.82, 2.24) is 4.90 Å². The third-order valence-corrected chi connectivity index (χ3v) is 6.51. The predicted octanol–water partition coefficient (Wildman–Crippen LogP) is 6.36. The van der Waals surface area contributed by atoms with Crippen LogP contribution in [0.3, 0.4) is 0 Å². The van der Waals surface area contributed by atoms with Crippen LogP contribution in [0.5, 0.6) is 5.75 Å². The second-order valence-corrected chi connectivity index (χ2v) is 9.17. The molecule has 0 radical (unpaired) electrons. The molecule has 0 aromatic heterocycles. The summed E-state index contributed by atoms with van der Waals surface area (Å²) in [6.45, 7) is 7.12. The number of carbonyl (C=O) groups is 1. The number of ether oxygens (including phenoxy) is 1. The summed E-state index contributed by atoms with van der Waals surface area (Å²) >= 11 is 12.9. The Kier molecular flexibility index (Phi) is 8.33. The van der Waals surface area contributed by atoms with E-state index in [9.17, 15) is 4.79 Å². The fourth-order valence-electron chi connectivity index (χ4n) is 4.01. The van der Waals surface area contributed by atoms with Gasteiger partial charge in [-0.25, -0.2) is 0 Å². The Morgan fingerprint density at radius 3 is 2.47 bits per heavy atom. The Morgan fingerprint density at radius 2 is 1.74 bits per heavy atom. The molecular weight excluding hydrogens is 469 g/mol. The molecule has 178 valence electrons. The minimum Gasteiger partial charge on any atom is -0.494 e.